The average Bonchev–Trinajstić information content (AvgIpc) is 2.74. The topological polar surface area (TPSA) is 69.8 Å². The zero-order chi connectivity index (χ0) is 14.8. The zero-order valence-corrected chi connectivity index (χ0v) is 14.1. The second-order valence-corrected chi connectivity index (χ2v) is 7.08. The van der Waals surface area contributed by atoms with Crippen LogP contribution in [0.4, 0.5) is 5.82 Å². The molecule has 2 rings (SSSR count). The van der Waals surface area contributed by atoms with Crippen LogP contribution in [-0.2, 0) is 11.2 Å². The van der Waals surface area contributed by atoms with Crippen LogP contribution in [0.2, 0.25) is 0 Å². The molecule has 1 aliphatic rings. The van der Waals surface area contributed by atoms with Crippen molar-refractivity contribution >= 4 is 24.1 Å². The molecule has 1 fully saturated rings. The quantitative estimate of drug-likeness (QED) is 0.803. The van der Waals surface area contributed by atoms with Crippen molar-refractivity contribution in [1.29, 1.82) is 0 Å². The van der Waals surface area contributed by atoms with E-state index in [1.165, 1.54) is 0 Å². The van der Waals surface area contributed by atoms with Crippen molar-refractivity contribution in [2.75, 3.05) is 11.9 Å². The van der Waals surface area contributed by atoms with E-state index in [9.17, 15) is 4.79 Å². The van der Waals surface area contributed by atoms with E-state index in [2.05, 4.69) is 48.5 Å². The molecule has 1 aromatic rings. The number of halogens is 1. The van der Waals surface area contributed by atoms with E-state index in [1.807, 2.05) is 6.07 Å². The zero-order valence-electron chi connectivity index (χ0n) is 13.3. The van der Waals surface area contributed by atoms with E-state index in [4.69, 9.17) is 0 Å². The molecule has 0 bridgehead atoms. The number of nitrogens with zero attached hydrogens (tertiary/aromatic N) is 1. The molecule has 5 nitrogen and oxygen atoms in total. The highest BCUT2D eigenvalue weighted by Crippen LogP contribution is 2.22. The molecule has 0 aromatic carbocycles. The van der Waals surface area contributed by atoms with Gasteiger partial charge in [0.15, 0.2) is 5.82 Å². The Hall–Kier alpha value is -1.07. The molecule has 1 amide bonds. The minimum absolute atomic E-state index is 0. The molecule has 0 spiro atoms. The Kier molecular flexibility index (Phi) is 6.23. The first kappa shape index (κ1) is 18.0. The number of rotatable bonds is 3. The van der Waals surface area contributed by atoms with Crippen LogP contribution in [0.3, 0.4) is 0 Å². The summed E-state index contributed by atoms with van der Waals surface area (Å²) in [6, 6.07) is 2.35. The highest BCUT2D eigenvalue weighted by Gasteiger charge is 2.25. The molecule has 2 atom stereocenters. The largest absolute Gasteiger partial charge is 0.314 e. The van der Waals surface area contributed by atoms with Crippen molar-refractivity contribution in [1.82, 2.24) is 15.5 Å². The Bertz CT molecular complexity index is 466. The number of aromatic nitrogens is 2. The molecule has 1 aliphatic heterocycles. The van der Waals surface area contributed by atoms with Crippen LogP contribution in [0.25, 0.3) is 0 Å². The summed E-state index contributed by atoms with van der Waals surface area (Å²) in [6.07, 6.45) is 2.71. The van der Waals surface area contributed by atoms with Crippen molar-refractivity contribution in [3.63, 3.8) is 0 Å². The van der Waals surface area contributed by atoms with Crippen LogP contribution in [0.15, 0.2) is 6.07 Å². The Morgan fingerprint density at radius 3 is 2.81 bits per heavy atom. The van der Waals surface area contributed by atoms with Gasteiger partial charge in [0, 0.05) is 23.7 Å². The third kappa shape index (κ3) is 5.67. The number of piperidine rings is 1. The lowest BCUT2D eigenvalue weighted by atomic mass is 9.90. The normalized spacial score (nSPS) is 22.5. The number of anilines is 1. The summed E-state index contributed by atoms with van der Waals surface area (Å²) in [5.41, 5.74) is 1.27. The van der Waals surface area contributed by atoms with E-state index < -0.39 is 0 Å². The smallest absolute Gasteiger partial charge is 0.228 e. The van der Waals surface area contributed by atoms with E-state index in [-0.39, 0.29) is 29.6 Å². The highest BCUT2D eigenvalue weighted by molar-refractivity contribution is 5.91. The summed E-state index contributed by atoms with van der Waals surface area (Å²) >= 11 is 0. The van der Waals surface area contributed by atoms with Gasteiger partial charge in [-0.25, -0.2) is 0 Å². The minimum atomic E-state index is 0. The number of hydrogen-bond acceptors (Lipinski definition) is 3. The monoisotopic (exact) mass is 314 g/mol. The van der Waals surface area contributed by atoms with E-state index in [0.717, 1.165) is 31.5 Å². The van der Waals surface area contributed by atoms with Gasteiger partial charge in [-0.15, -0.1) is 12.4 Å². The Morgan fingerprint density at radius 1 is 1.48 bits per heavy atom. The Labute approximate surface area is 133 Å². The van der Waals surface area contributed by atoms with Gasteiger partial charge in [0.1, 0.15) is 0 Å². The van der Waals surface area contributed by atoms with Gasteiger partial charge in [-0.3, -0.25) is 9.89 Å². The van der Waals surface area contributed by atoms with Crippen LogP contribution in [0.5, 0.6) is 0 Å². The molecule has 6 heteroatoms. The fourth-order valence-electron chi connectivity index (χ4n) is 2.69. The summed E-state index contributed by atoms with van der Waals surface area (Å²) in [5.74, 6) is 0.821. The molecule has 3 N–H and O–H groups in total. The van der Waals surface area contributed by atoms with Crippen LogP contribution in [-0.4, -0.2) is 28.7 Å². The molecule has 21 heavy (non-hydrogen) atoms. The van der Waals surface area contributed by atoms with Crippen LogP contribution >= 0.6 is 12.4 Å². The van der Waals surface area contributed by atoms with E-state index in [0.29, 0.717) is 11.9 Å². The molecule has 1 aromatic heterocycles. The summed E-state index contributed by atoms with van der Waals surface area (Å²) in [6.45, 7) is 9.58. The second kappa shape index (κ2) is 7.27. The standard InChI is InChI=1S/C15H26N4O.ClH/c1-10-7-11(5-6-16-10)14(20)17-13-8-12(18-19-13)9-15(2,3)4;/h8,10-11,16H,5-7,9H2,1-4H3,(H2,17,18,19,20);1H/t10-,11-;/m0./s1. The summed E-state index contributed by atoms with van der Waals surface area (Å²) in [7, 11) is 0. The van der Waals surface area contributed by atoms with Gasteiger partial charge in [0.25, 0.3) is 0 Å². The number of aromatic amines is 1. The molecule has 120 valence electrons. The number of amides is 1. The van der Waals surface area contributed by atoms with Crippen LogP contribution in [0.1, 0.15) is 46.2 Å². The van der Waals surface area contributed by atoms with Gasteiger partial charge in [-0.05, 0) is 38.1 Å². The van der Waals surface area contributed by atoms with Gasteiger partial charge >= 0.3 is 0 Å². The maximum absolute atomic E-state index is 12.2. The highest BCUT2D eigenvalue weighted by atomic mass is 35.5. The first-order chi connectivity index (χ1) is 9.33. The Morgan fingerprint density at radius 2 is 2.19 bits per heavy atom. The lowest BCUT2D eigenvalue weighted by Gasteiger charge is -2.26. The Balaban J connectivity index is 0.00000220. The van der Waals surface area contributed by atoms with E-state index in [1.54, 1.807) is 0 Å². The van der Waals surface area contributed by atoms with Gasteiger partial charge in [0.2, 0.25) is 5.91 Å². The third-order valence-electron chi connectivity index (χ3n) is 3.60. The predicted octanol–water partition coefficient (Wildman–Crippen LogP) is 2.75. The number of carbonyl (C=O) groups is 1. The lowest BCUT2D eigenvalue weighted by Crippen LogP contribution is -2.40. The van der Waals surface area contributed by atoms with Crippen molar-refractivity contribution in [3.05, 3.63) is 11.8 Å². The van der Waals surface area contributed by atoms with Crippen LogP contribution < -0.4 is 10.6 Å². The summed E-state index contributed by atoms with van der Waals surface area (Å²) in [5, 5.41) is 13.5. The SMILES string of the molecule is C[C@H]1C[C@@H](C(=O)Nc2cc(CC(C)(C)C)[nH]n2)CCN1.Cl. The van der Waals surface area contributed by atoms with Crippen molar-refractivity contribution in [3.8, 4) is 0 Å². The average molecular weight is 315 g/mol. The maximum atomic E-state index is 12.2. The molecule has 1 saturated heterocycles. The van der Waals surface area contributed by atoms with Gasteiger partial charge in [0.05, 0.1) is 0 Å². The van der Waals surface area contributed by atoms with Crippen LogP contribution in [0, 0.1) is 11.3 Å². The van der Waals surface area contributed by atoms with E-state index >= 15 is 0 Å². The number of nitrogens with one attached hydrogen (secondary N) is 3. The first-order valence-electron chi connectivity index (χ1n) is 7.42. The third-order valence-corrected chi connectivity index (χ3v) is 3.60. The summed E-state index contributed by atoms with van der Waals surface area (Å²) < 4.78 is 0. The van der Waals surface area contributed by atoms with Crippen molar-refractivity contribution < 1.29 is 4.79 Å². The molecule has 0 radical (unpaired) electrons. The lowest BCUT2D eigenvalue weighted by molar-refractivity contribution is -0.120. The predicted molar refractivity (Wildman–Crippen MR) is 87.8 cm³/mol. The molecule has 0 aliphatic carbocycles. The molecule has 2 heterocycles. The summed E-state index contributed by atoms with van der Waals surface area (Å²) in [4.78, 5) is 12.2. The van der Waals surface area contributed by atoms with Gasteiger partial charge in [-0.1, -0.05) is 20.8 Å². The minimum Gasteiger partial charge on any atom is -0.314 e. The molecular weight excluding hydrogens is 288 g/mol. The molecule has 0 unspecified atom stereocenters. The second-order valence-electron chi connectivity index (χ2n) is 7.08. The fourth-order valence-corrected chi connectivity index (χ4v) is 2.69. The van der Waals surface area contributed by atoms with Gasteiger partial charge in [-0.2, -0.15) is 5.10 Å². The first-order valence-corrected chi connectivity index (χ1v) is 7.42. The number of carbonyl (C=O) groups excluding carboxylic acids is 1. The van der Waals surface area contributed by atoms with Crippen molar-refractivity contribution in [2.24, 2.45) is 11.3 Å². The number of hydrogen-bond donors (Lipinski definition) is 3. The van der Waals surface area contributed by atoms with Crippen molar-refractivity contribution in [2.45, 2.75) is 53.0 Å². The molecule has 0 saturated carbocycles. The maximum Gasteiger partial charge on any atom is 0.228 e. The number of H-pyrrole nitrogens is 1. The molecular formula is C15H27ClN4O. The van der Waals surface area contributed by atoms with Gasteiger partial charge < -0.3 is 10.6 Å². The fraction of sp³-hybridized carbons (Fsp3) is 0.733.